The summed E-state index contributed by atoms with van der Waals surface area (Å²) < 4.78 is 0. The number of allylic oxidation sites excluding steroid dienone is 6. The molecular weight excluding hydrogens is 204 g/mol. The summed E-state index contributed by atoms with van der Waals surface area (Å²) in [4.78, 5) is 0. The maximum atomic E-state index is 3.98. The van der Waals surface area contributed by atoms with Gasteiger partial charge in [0.05, 0.1) is 0 Å². The molecule has 0 aliphatic carbocycles. The predicted molar refractivity (Wildman–Crippen MR) is 78.8 cm³/mol. The van der Waals surface area contributed by atoms with Gasteiger partial charge in [-0.05, 0) is 43.5 Å². The first kappa shape index (κ1) is 13.2. The van der Waals surface area contributed by atoms with Crippen molar-refractivity contribution in [3.05, 3.63) is 72.4 Å². The first-order valence-corrected chi connectivity index (χ1v) is 5.78. The van der Waals surface area contributed by atoms with Gasteiger partial charge in [0, 0.05) is 0 Å². The smallest absolute Gasteiger partial charge is 0.0178 e. The van der Waals surface area contributed by atoms with Gasteiger partial charge in [-0.15, -0.1) is 0 Å². The van der Waals surface area contributed by atoms with Crippen molar-refractivity contribution in [2.75, 3.05) is 0 Å². The molecule has 0 radical (unpaired) electrons. The van der Waals surface area contributed by atoms with Crippen molar-refractivity contribution in [2.45, 2.75) is 20.8 Å². The molecule has 88 valence electrons. The van der Waals surface area contributed by atoms with Crippen molar-refractivity contribution in [1.29, 1.82) is 0 Å². The summed E-state index contributed by atoms with van der Waals surface area (Å²) in [6, 6.07) is 8.42. The zero-order chi connectivity index (χ0) is 12.8. The summed E-state index contributed by atoms with van der Waals surface area (Å²) in [5.41, 5.74) is 5.93. The van der Waals surface area contributed by atoms with Gasteiger partial charge in [0.25, 0.3) is 0 Å². The van der Waals surface area contributed by atoms with Crippen LogP contribution in [0.4, 0.5) is 0 Å². The van der Waals surface area contributed by atoms with Crippen LogP contribution in [0.2, 0.25) is 0 Å². The van der Waals surface area contributed by atoms with Crippen molar-refractivity contribution in [2.24, 2.45) is 0 Å². The Bertz CT molecular complexity index is 481. The Morgan fingerprint density at radius 1 is 1.12 bits per heavy atom. The molecule has 0 atom stereocenters. The molecule has 0 unspecified atom stereocenters. The first-order valence-electron chi connectivity index (χ1n) is 5.78. The third-order valence-electron chi connectivity index (χ3n) is 2.43. The lowest BCUT2D eigenvalue weighted by molar-refractivity contribution is 1.39. The molecule has 1 aromatic rings. The van der Waals surface area contributed by atoms with Crippen molar-refractivity contribution >= 4 is 11.1 Å². The lowest BCUT2D eigenvalue weighted by Gasteiger charge is -2.06. The Balaban J connectivity index is 3.24. The van der Waals surface area contributed by atoms with E-state index in [-0.39, 0.29) is 0 Å². The Morgan fingerprint density at radius 2 is 1.76 bits per heavy atom. The fraction of sp³-hybridized carbons (Fsp3) is 0.176. The van der Waals surface area contributed by atoms with Crippen molar-refractivity contribution in [3.63, 3.8) is 0 Å². The second-order valence-electron chi connectivity index (χ2n) is 4.44. The molecule has 0 amide bonds. The highest BCUT2D eigenvalue weighted by atomic mass is 14.0. The van der Waals surface area contributed by atoms with E-state index in [1.165, 1.54) is 22.3 Å². The summed E-state index contributed by atoms with van der Waals surface area (Å²) in [6.45, 7) is 14.0. The number of benzene rings is 1. The molecule has 1 aromatic carbocycles. The molecule has 0 heterocycles. The van der Waals surface area contributed by atoms with Gasteiger partial charge in [-0.2, -0.15) is 0 Å². The molecule has 0 aliphatic rings. The zero-order valence-electron chi connectivity index (χ0n) is 11.0. The Hall–Kier alpha value is -1.82. The van der Waals surface area contributed by atoms with E-state index in [9.17, 15) is 0 Å². The van der Waals surface area contributed by atoms with Gasteiger partial charge >= 0.3 is 0 Å². The second-order valence-corrected chi connectivity index (χ2v) is 4.44. The van der Waals surface area contributed by atoms with Gasteiger partial charge in [0.2, 0.25) is 0 Å². The minimum Gasteiger partial charge on any atom is -0.0990 e. The molecule has 0 N–H and O–H groups in total. The number of hydrogen-bond donors (Lipinski definition) is 0. The van der Waals surface area contributed by atoms with E-state index in [0.29, 0.717) is 0 Å². The van der Waals surface area contributed by atoms with Gasteiger partial charge in [-0.3, -0.25) is 0 Å². The summed E-state index contributed by atoms with van der Waals surface area (Å²) in [7, 11) is 0. The van der Waals surface area contributed by atoms with Crippen LogP contribution < -0.4 is 0 Å². The lowest BCUT2D eigenvalue weighted by atomic mass is 9.99. The average molecular weight is 224 g/mol. The minimum absolute atomic E-state index is 1.09. The summed E-state index contributed by atoms with van der Waals surface area (Å²) >= 11 is 0. The van der Waals surface area contributed by atoms with Crippen LogP contribution in [0.1, 0.15) is 31.9 Å². The van der Waals surface area contributed by atoms with Gasteiger partial charge < -0.3 is 0 Å². The Labute approximate surface area is 105 Å². The van der Waals surface area contributed by atoms with E-state index < -0.39 is 0 Å². The van der Waals surface area contributed by atoms with Crippen LogP contribution in [0.15, 0.2) is 61.2 Å². The normalized spacial score (nSPS) is 10.9. The van der Waals surface area contributed by atoms with Crippen molar-refractivity contribution in [1.82, 2.24) is 0 Å². The molecule has 0 aromatic heterocycles. The molecule has 0 saturated carbocycles. The number of hydrogen-bond acceptors (Lipinski definition) is 0. The van der Waals surface area contributed by atoms with E-state index in [4.69, 9.17) is 0 Å². The van der Waals surface area contributed by atoms with E-state index in [2.05, 4.69) is 57.3 Å². The van der Waals surface area contributed by atoms with Crippen molar-refractivity contribution in [3.8, 4) is 0 Å². The van der Waals surface area contributed by atoms with Crippen LogP contribution in [-0.2, 0) is 0 Å². The highest BCUT2D eigenvalue weighted by Gasteiger charge is 2.00. The third kappa shape index (κ3) is 3.92. The third-order valence-corrected chi connectivity index (χ3v) is 2.43. The molecule has 0 saturated heterocycles. The SMILES string of the molecule is C=C/C=C(\C=C(C)C)c1cccc(C(=C)C)c1. The molecule has 0 nitrogen and oxygen atoms in total. The molecular formula is C17H20. The molecule has 1 rings (SSSR count). The first-order chi connectivity index (χ1) is 8.04. The highest BCUT2D eigenvalue weighted by molar-refractivity contribution is 5.78. The average Bonchev–Trinajstić information content (AvgIpc) is 2.28. The van der Waals surface area contributed by atoms with Gasteiger partial charge in [-0.25, -0.2) is 0 Å². The Morgan fingerprint density at radius 3 is 2.29 bits per heavy atom. The fourth-order valence-corrected chi connectivity index (χ4v) is 1.63. The molecule has 0 fully saturated rings. The summed E-state index contributed by atoms with van der Waals surface area (Å²) in [5.74, 6) is 0. The lowest BCUT2D eigenvalue weighted by Crippen LogP contribution is -1.85. The van der Waals surface area contributed by atoms with Crippen molar-refractivity contribution < 1.29 is 0 Å². The van der Waals surface area contributed by atoms with Crippen LogP contribution in [-0.4, -0.2) is 0 Å². The van der Waals surface area contributed by atoms with Crippen LogP contribution in [0.25, 0.3) is 11.1 Å². The van der Waals surface area contributed by atoms with E-state index in [1.807, 2.05) is 19.1 Å². The van der Waals surface area contributed by atoms with Gasteiger partial charge in [-0.1, -0.05) is 60.7 Å². The van der Waals surface area contributed by atoms with E-state index >= 15 is 0 Å². The standard InChI is InChI=1S/C17H20/c1-6-8-16(11-13(2)3)17-10-7-9-15(12-17)14(4)5/h6-12H,1,4H2,2-3,5H3/b16-8+. The van der Waals surface area contributed by atoms with Crippen LogP contribution in [0.3, 0.4) is 0 Å². The van der Waals surface area contributed by atoms with Crippen LogP contribution in [0, 0.1) is 0 Å². The summed E-state index contributed by atoms with van der Waals surface area (Å²) in [5, 5.41) is 0. The largest absolute Gasteiger partial charge is 0.0990 e. The minimum atomic E-state index is 1.09. The van der Waals surface area contributed by atoms with E-state index in [0.717, 1.165) is 5.57 Å². The van der Waals surface area contributed by atoms with Crippen LogP contribution in [0.5, 0.6) is 0 Å². The Kier molecular flexibility index (Phi) is 4.71. The molecule has 0 bridgehead atoms. The zero-order valence-corrected chi connectivity index (χ0v) is 11.0. The topological polar surface area (TPSA) is 0 Å². The van der Waals surface area contributed by atoms with Gasteiger partial charge in [0.1, 0.15) is 0 Å². The monoisotopic (exact) mass is 224 g/mol. The quantitative estimate of drug-likeness (QED) is 0.612. The molecule has 0 spiro atoms. The predicted octanol–water partition coefficient (Wildman–Crippen LogP) is 5.26. The number of rotatable bonds is 4. The summed E-state index contributed by atoms with van der Waals surface area (Å²) in [6.07, 6.45) is 6.02. The van der Waals surface area contributed by atoms with Gasteiger partial charge in [0.15, 0.2) is 0 Å². The molecule has 0 aliphatic heterocycles. The fourth-order valence-electron chi connectivity index (χ4n) is 1.63. The maximum absolute atomic E-state index is 3.98. The molecule has 0 heteroatoms. The highest BCUT2D eigenvalue weighted by Crippen LogP contribution is 2.21. The van der Waals surface area contributed by atoms with E-state index in [1.54, 1.807) is 0 Å². The second kappa shape index (κ2) is 6.05. The van der Waals surface area contributed by atoms with Crippen LogP contribution >= 0.6 is 0 Å². The maximum Gasteiger partial charge on any atom is -0.0178 e. The molecule has 17 heavy (non-hydrogen) atoms.